The van der Waals surface area contributed by atoms with Gasteiger partial charge >= 0.3 is 0 Å². The van der Waals surface area contributed by atoms with Gasteiger partial charge in [-0.05, 0) is 37.5 Å². The van der Waals surface area contributed by atoms with Crippen molar-refractivity contribution in [1.29, 1.82) is 0 Å². The summed E-state index contributed by atoms with van der Waals surface area (Å²) in [5.74, 6) is -0.318. The molecular weight excluding hydrogens is 248 g/mol. The third-order valence-electron chi connectivity index (χ3n) is 3.84. The van der Waals surface area contributed by atoms with Gasteiger partial charge in [0.15, 0.2) is 15.6 Å². The fourth-order valence-corrected chi connectivity index (χ4v) is 4.96. The number of hydrogen-bond donors (Lipinski definition) is 0. The van der Waals surface area contributed by atoms with Crippen molar-refractivity contribution in [3.05, 3.63) is 42.0 Å². The molecule has 3 nitrogen and oxygen atoms in total. The number of carbonyl (C=O) groups excluding carboxylic acids is 1. The van der Waals surface area contributed by atoms with Crippen LogP contribution in [0.3, 0.4) is 0 Å². The van der Waals surface area contributed by atoms with E-state index in [1.807, 2.05) is 0 Å². The summed E-state index contributed by atoms with van der Waals surface area (Å²) in [4.78, 5) is 12.2. The van der Waals surface area contributed by atoms with E-state index in [0.29, 0.717) is 0 Å². The summed E-state index contributed by atoms with van der Waals surface area (Å²) < 4.78 is 25.1. The van der Waals surface area contributed by atoms with Crippen LogP contribution in [0.2, 0.25) is 0 Å². The van der Waals surface area contributed by atoms with E-state index in [2.05, 4.69) is 0 Å². The molecule has 0 spiro atoms. The maximum atomic E-state index is 12.5. The number of benzene rings is 1. The molecule has 0 amide bonds. The molecule has 1 aromatic carbocycles. The van der Waals surface area contributed by atoms with Crippen LogP contribution in [0.5, 0.6) is 0 Å². The molecule has 2 aliphatic carbocycles. The van der Waals surface area contributed by atoms with Gasteiger partial charge in [0.05, 0.1) is 4.90 Å². The highest BCUT2D eigenvalue weighted by atomic mass is 32.2. The Bertz CT molecular complexity index is 614. The van der Waals surface area contributed by atoms with Crippen LogP contribution in [0, 0.1) is 5.92 Å². The van der Waals surface area contributed by atoms with E-state index in [1.54, 1.807) is 36.4 Å². The average molecular weight is 262 g/mol. The molecular formula is C14H14O3S. The van der Waals surface area contributed by atoms with Crippen LogP contribution >= 0.6 is 0 Å². The second-order valence-corrected chi connectivity index (χ2v) is 6.97. The highest BCUT2D eigenvalue weighted by Gasteiger charge is 2.46. The largest absolute Gasteiger partial charge is 0.293 e. The Morgan fingerprint density at radius 1 is 1.11 bits per heavy atom. The molecule has 18 heavy (non-hydrogen) atoms. The smallest absolute Gasteiger partial charge is 0.189 e. The topological polar surface area (TPSA) is 51.2 Å². The number of allylic oxidation sites excluding steroid dienone is 2. The van der Waals surface area contributed by atoms with Gasteiger partial charge in [0.1, 0.15) is 5.25 Å². The first-order chi connectivity index (χ1) is 8.60. The van der Waals surface area contributed by atoms with Gasteiger partial charge in [-0.2, -0.15) is 0 Å². The van der Waals surface area contributed by atoms with Gasteiger partial charge < -0.3 is 0 Å². The Hall–Kier alpha value is -1.42. The van der Waals surface area contributed by atoms with E-state index in [4.69, 9.17) is 0 Å². The van der Waals surface area contributed by atoms with E-state index < -0.39 is 15.1 Å². The number of ketones is 1. The first-order valence-corrected chi connectivity index (χ1v) is 7.68. The van der Waals surface area contributed by atoms with Crippen molar-refractivity contribution >= 4 is 15.6 Å². The minimum absolute atomic E-state index is 0.0808. The quantitative estimate of drug-likeness (QED) is 0.820. The first-order valence-electron chi connectivity index (χ1n) is 6.14. The lowest BCUT2D eigenvalue weighted by Crippen LogP contribution is -2.32. The van der Waals surface area contributed by atoms with Crippen LogP contribution in [0.4, 0.5) is 0 Å². The van der Waals surface area contributed by atoms with E-state index in [-0.39, 0.29) is 16.6 Å². The summed E-state index contributed by atoms with van der Waals surface area (Å²) in [7, 11) is -3.54. The molecule has 3 rings (SSSR count). The molecule has 0 N–H and O–H groups in total. The lowest BCUT2D eigenvalue weighted by molar-refractivity contribution is -0.114. The highest BCUT2D eigenvalue weighted by Crippen LogP contribution is 2.42. The Balaban J connectivity index is 2.04. The normalized spacial score (nSPS) is 27.1. The summed E-state index contributed by atoms with van der Waals surface area (Å²) in [6.07, 6.45) is 4.24. The van der Waals surface area contributed by atoms with Gasteiger partial charge in [0.2, 0.25) is 0 Å². The van der Waals surface area contributed by atoms with Gasteiger partial charge in [0.25, 0.3) is 0 Å². The predicted molar refractivity (Wildman–Crippen MR) is 67.8 cm³/mol. The molecule has 0 radical (unpaired) electrons. The number of hydrogen-bond acceptors (Lipinski definition) is 3. The van der Waals surface area contributed by atoms with Gasteiger partial charge in [-0.15, -0.1) is 0 Å². The zero-order chi connectivity index (χ0) is 12.8. The molecule has 0 aromatic heterocycles. The standard InChI is InChI=1S/C14H14O3S/c15-13-9-10-5-4-8-12(10)14(13)18(16,17)11-6-2-1-3-7-11/h1-3,6-7,9,12,14H,4-5,8H2/t12-,14+/m0/s1. The molecule has 94 valence electrons. The zero-order valence-electron chi connectivity index (χ0n) is 9.87. The van der Waals surface area contributed by atoms with E-state index in [9.17, 15) is 13.2 Å². The van der Waals surface area contributed by atoms with Crippen LogP contribution in [-0.2, 0) is 14.6 Å². The van der Waals surface area contributed by atoms with E-state index in [1.165, 1.54) is 0 Å². The maximum Gasteiger partial charge on any atom is 0.189 e. The third-order valence-corrected chi connectivity index (χ3v) is 6.00. The van der Waals surface area contributed by atoms with Crippen LogP contribution in [0.15, 0.2) is 46.9 Å². The molecule has 0 saturated heterocycles. The molecule has 2 atom stereocenters. The van der Waals surface area contributed by atoms with Gasteiger partial charge in [-0.3, -0.25) is 4.79 Å². The van der Waals surface area contributed by atoms with Crippen molar-refractivity contribution in [1.82, 2.24) is 0 Å². The second-order valence-electron chi connectivity index (χ2n) is 4.90. The van der Waals surface area contributed by atoms with Crippen molar-refractivity contribution in [3.8, 4) is 0 Å². The molecule has 1 fully saturated rings. The molecule has 0 aliphatic heterocycles. The summed E-state index contributed by atoms with van der Waals surface area (Å²) in [5.41, 5.74) is 1.03. The summed E-state index contributed by atoms with van der Waals surface area (Å²) in [5, 5.41) is -0.877. The predicted octanol–water partition coefficient (Wildman–Crippen LogP) is 2.14. The van der Waals surface area contributed by atoms with Crippen molar-refractivity contribution in [2.24, 2.45) is 5.92 Å². The Morgan fingerprint density at radius 2 is 1.83 bits per heavy atom. The first kappa shape index (κ1) is 11.7. The molecule has 1 saturated carbocycles. The number of rotatable bonds is 2. The van der Waals surface area contributed by atoms with Crippen LogP contribution < -0.4 is 0 Å². The summed E-state index contributed by atoms with van der Waals surface area (Å²) >= 11 is 0. The van der Waals surface area contributed by atoms with Crippen LogP contribution in [-0.4, -0.2) is 19.5 Å². The molecule has 1 aromatic rings. The fraction of sp³-hybridized carbons (Fsp3) is 0.357. The second kappa shape index (κ2) is 4.05. The highest BCUT2D eigenvalue weighted by molar-refractivity contribution is 7.93. The molecule has 4 heteroatoms. The molecule has 0 heterocycles. The summed E-state index contributed by atoms with van der Waals surface area (Å²) in [6, 6.07) is 8.28. The van der Waals surface area contributed by atoms with E-state index >= 15 is 0 Å². The Labute approximate surface area is 106 Å². The van der Waals surface area contributed by atoms with Gasteiger partial charge in [-0.25, -0.2) is 8.42 Å². The molecule has 0 unspecified atom stereocenters. The monoisotopic (exact) mass is 262 g/mol. The fourth-order valence-electron chi connectivity index (χ4n) is 3.01. The van der Waals surface area contributed by atoms with Gasteiger partial charge in [0, 0.05) is 5.92 Å². The van der Waals surface area contributed by atoms with Crippen molar-refractivity contribution < 1.29 is 13.2 Å². The van der Waals surface area contributed by atoms with Crippen molar-refractivity contribution in [2.75, 3.05) is 0 Å². The number of fused-ring (bicyclic) bond motifs is 1. The SMILES string of the molecule is O=C1C=C2CCC[C@@H]2[C@H]1S(=O)(=O)c1ccccc1. The minimum Gasteiger partial charge on any atom is -0.293 e. The number of carbonyl (C=O) groups is 1. The zero-order valence-corrected chi connectivity index (χ0v) is 10.7. The van der Waals surface area contributed by atoms with E-state index in [0.717, 1.165) is 24.8 Å². The molecule has 2 aliphatic rings. The third kappa shape index (κ3) is 1.63. The van der Waals surface area contributed by atoms with Crippen molar-refractivity contribution in [3.63, 3.8) is 0 Å². The Morgan fingerprint density at radius 3 is 2.56 bits per heavy atom. The lowest BCUT2D eigenvalue weighted by Gasteiger charge is -2.17. The molecule has 0 bridgehead atoms. The maximum absolute atomic E-state index is 12.5. The van der Waals surface area contributed by atoms with Gasteiger partial charge in [-0.1, -0.05) is 23.8 Å². The lowest BCUT2D eigenvalue weighted by atomic mass is 10.1. The van der Waals surface area contributed by atoms with Crippen molar-refractivity contribution in [2.45, 2.75) is 29.4 Å². The summed E-state index contributed by atoms with van der Waals surface area (Å²) in [6.45, 7) is 0. The number of sulfone groups is 1. The Kier molecular flexibility index (Phi) is 2.63. The van der Waals surface area contributed by atoms with Crippen LogP contribution in [0.25, 0.3) is 0 Å². The average Bonchev–Trinajstić information content (AvgIpc) is 2.89. The minimum atomic E-state index is -3.54. The van der Waals surface area contributed by atoms with Crippen LogP contribution in [0.1, 0.15) is 19.3 Å².